The van der Waals surface area contributed by atoms with Gasteiger partial charge in [0.25, 0.3) is 0 Å². The topological polar surface area (TPSA) is 46.6 Å². The second-order valence-electron chi connectivity index (χ2n) is 7.71. The van der Waals surface area contributed by atoms with E-state index in [2.05, 4.69) is 57.3 Å². The molecule has 1 rings (SSSR count). The first kappa shape index (κ1) is 23.1. The highest BCUT2D eigenvalue weighted by atomic mass is 16.0. The summed E-state index contributed by atoms with van der Waals surface area (Å²) in [6, 6.07) is 8.81. The van der Waals surface area contributed by atoms with E-state index in [9.17, 15) is 0 Å². The number of aryl methyl sites for hydroxylation is 1. The molecule has 0 aromatic heterocycles. The minimum Gasteiger partial charge on any atom is -0.870 e. The predicted molar refractivity (Wildman–Crippen MR) is 105 cm³/mol. The zero-order chi connectivity index (χ0) is 17.0. The van der Waals surface area contributed by atoms with E-state index < -0.39 is 0 Å². The van der Waals surface area contributed by atoms with Crippen LogP contribution in [-0.4, -0.2) is 12.0 Å². The summed E-state index contributed by atoms with van der Waals surface area (Å²) in [5.74, 6) is 0. The molecule has 1 aromatic carbocycles. The van der Waals surface area contributed by atoms with Crippen LogP contribution in [0, 0.1) is 6.92 Å². The van der Waals surface area contributed by atoms with Crippen LogP contribution in [0.1, 0.15) is 96.1 Å². The maximum absolute atomic E-state index is 2.53. The van der Waals surface area contributed by atoms with E-state index in [0.717, 1.165) is 0 Å². The molecule has 0 aliphatic heterocycles. The molecule has 0 saturated heterocycles. The highest BCUT2D eigenvalue weighted by Gasteiger charge is 2.24. The SMILES string of the molecule is CCCCCCCCCCCC[NH2+]C(C)(C)c1ccccc1C.[OH-]. The molecular formula is C22H41NO. The number of hydrogen-bond acceptors (Lipinski definition) is 1. The van der Waals surface area contributed by atoms with Crippen LogP contribution in [0.5, 0.6) is 0 Å². The van der Waals surface area contributed by atoms with Gasteiger partial charge in [0.05, 0.1) is 6.54 Å². The van der Waals surface area contributed by atoms with Gasteiger partial charge in [-0.1, -0.05) is 82.6 Å². The minimum atomic E-state index is 0. The Hall–Kier alpha value is -0.860. The van der Waals surface area contributed by atoms with Crippen molar-refractivity contribution < 1.29 is 10.8 Å². The zero-order valence-corrected chi connectivity index (χ0v) is 16.6. The molecule has 0 radical (unpaired) electrons. The molecule has 0 aliphatic carbocycles. The minimum absolute atomic E-state index is 0. The van der Waals surface area contributed by atoms with Crippen molar-refractivity contribution in [2.45, 2.75) is 97.4 Å². The predicted octanol–water partition coefficient (Wildman–Crippen LogP) is 5.54. The van der Waals surface area contributed by atoms with Crippen LogP contribution in [-0.2, 0) is 5.54 Å². The molecule has 0 fully saturated rings. The van der Waals surface area contributed by atoms with Crippen molar-refractivity contribution in [1.29, 1.82) is 0 Å². The van der Waals surface area contributed by atoms with E-state index in [-0.39, 0.29) is 11.0 Å². The van der Waals surface area contributed by atoms with E-state index in [1.165, 1.54) is 81.9 Å². The van der Waals surface area contributed by atoms with E-state index >= 15 is 0 Å². The number of rotatable bonds is 13. The lowest BCUT2D eigenvalue weighted by molar-refractivity contribution is -0.729. The van der Waals surface area contributed by atoms with Crippen LogP contribution in [0.2, 0.25) is 0 Å². The van der Waals surface area contributed by atoms with E-state index in [1.54, 1.807) is 0 Å². The van der Waals surface area contributed by atoms with Gasteiger partial charge in [-0.2, -0.15) is 0 Å². The van der Waals surface area contributed by atoms with Gasteiger partial charge in [-0.05, 0) is 39.2 Å². The van der Waals surface area contributed by atoms with E-state index in [0.29, 0.717) is 0 Å². The molecule has 0 saturated carbocycles. The molecule has 0 atom stereocenters. The van der Waals surface area contributed by atoms with Gasteiger partial charge in [0.2, 0.25) is 0 Å². The first-order valence-corrected chi connectivity index (χ1v) is 9.98. The summed E-state index contributed by atoms with van der Waals surface area (Å²) in [4.78, 5) is 0. The molecule has 2 heteroatoms. The van der Waals surface area contributed by atoms with Crippen molar-refractivity contribution in [3.63, 3.8) is 0 Å². The Labute approximate surface area is 150 Å². The fourth-order valence-electron chi connectivity index (χ4n) is 3.50. The summed E-state index contributed by atoms with van der Waals surface area (Å²) in [5.41, 5.74) is 3.09. The zero-order valence-electron chi connectivity index (χ0n) is 16.6. The summed E-state index contributed by atoms with van der Waals surface area (Å²) in [7, 11) is 0. The lowest BCUT2D eigenvalue weighted by atomic mass is 9.90. The monoisotopic (exact) mass is 335 g/mol. The Balaban J connectivity index is 0.00000529. The van der Waals surface area contributed by atoms with Crippen LogP contribution in [0.25, 0.3) is 0 Å². The first-order valence-electron chi connectivity index (χ1n) is 9.98. The molecular weight excluding hydrogens is 294 g/mol. The van der Waals surface area contributed by atoms with Gasteiger partial charge in [0, 0.05) is 5.56 Å². The second-order valence-corrected chi connectivity index (χ2v) is 7.71. The van der Waals surface area contributed by atoms with Crippen LogP contribution < -0.4 is 5.32 Å². The second kappa shape index (κ2) is 13.4. The van der Waals surface area contributed by atoms with Crippen molar-refractivity contribution in [2.75, 3.05) is 6.54 Å². The standard InChI is InChI=1S/C22H39N.H2O/c1-5-6-7-8-9-10-11-12-13-16-19-23-22(3,4)21-18-15-14-17-20(21)2;/h14-15,17-18,23H,5-13,16,19H2,1-4H3;1H2. The Morgan fingerprint density at radius 1 is 0.792 bits per heavy atom. The molecule has 3 N–H and O–H groups in total. The Morgan fingerprint density at radius 3 is 1.83 bits per heavy atom. The van der Waals surface area contributed by atoms with Gasteiger partial charge in [0.15, 0.2) is 0 Å². The summed E-state index contributed by atoms with van der Waals surface area (Å²) in [5, 5.41) is 2.53. The Kier molecular flexibility index (Phi) is 13.0. The highest BCUT2D eigenvalue weighted by molar-refractivity contribution is 5.29. The maximum atomic E-state index is 2.53. The number of nitrogens with two attached hydrogens (primary N) is 1. The summed E-state index contributed by atoms with van der Waals surface area (Å²) in [6.45, 7) is 10.5. The average molecular weight is 336 g/mol. The van der Waals surface area contributed by atoms with Gasteiger partial charge >= 0.3 is 0 Å². The quantitative estimate of drug-likeness (QED) is 0.473. The van der Waals surface area contributed by atoms with Crippen LogP contribution in [0.15, 0.2) is 24.3 Å². The van der Waals surface area contributed by atoms with Crippen molar-refractivity contribution in [3.05, 3.63) is 35.4 Å². The first-order chi connectivity index (χ1) is 11.1. The fourth-order valence-corrected chi connectivity index (χ4v) is 3.50. The van der Waals surface area contributed by atoms with Gasteiger partial charge < -0.3 is 10.8 Å². The number of unbranched alkanes of at least 4 members (excludes halogenated alkanes) is 9. The third-order valence-electron chi connectivity index (χ3n) is 5.05. The van der Waals surface area contributed by atoms with E-state index in [1.807, 2.05) is 0 Å². The lowest BCUT2D eigenvalue weighted by Gasteiger charge is -2.25. The summed E-state index contributed by atoms with van der Waals surface area (Å²) in [6.07, 6.45) is 14.2. The third-order valence-corrected chi connectivity index (χ3v) is 5.05. The lowest BCUT2D eigenvalue weighted by Crippen LogP contribution is -2.93. The molecule has 2 nitrogen and oxygen atoms in total. The normalized spacial score (nSPS) is 11.3. The van der Waals surface area contributed by atoms with E-state index in [4.69, 9.17) is 0 Å². The molecule has 0 bridgehead atoms. The van der Waals surface area contributed by atoms with Crippen molar-refractivity contribution in [1.82, 2.24) is 0 Å². The number of hydrogen-bond donors (Lipinski definition) is 1. The summed E-state index contributed by atoms with van der Waals surface area (Å²) < 4.78 is 0. The molecule has 0 amide bonds. The molecule has 0 spiro atoms. The fraction of sp³-hybridized carbons (Fsp3) is 0.727. The largest absolute Gasteiger partial charge is 0.870 e. The molecule has 140 valence electrons. The van der Waals surface area contributed by atoms with Crippen LogP contribution in [0.3, 0.4) is 0 Å². The van der Waals surface area contributed by atoms with Gasteiger partial charge in [-0.3, -0.25) is 0 Å². The average Bonchev–Trinajstić information content (AvgIpc) is 2.53. The summed E-state index contributed by atoms with van der Waals surface area (Å²) >= 11 is 0. The molecule has 0 heterocycles. The van der Waals surface area contributed by atoms with Gasteiger partial charge in [-0.15, -0.1) is 0 Å². The molecule has 1 aromatic rings. The Bertz CT molecular complexity index is 414. The smallest absolute Gasteiger partial charge is 0.116 e. The third kappa shape index (κ3) is 9.44. The maximum Gasteiger partial charge on any atom is 0.116 e. The van der Waals surface area contributed by atoms with Crippen molar-refractivity contribution >= 4 is 0 Å². The van der Waals surface area contributed by atoms with Gasteiger partial charge in [-0.25, -0.2) is 0 Å². The number of quaternary nitrogens is 1. The highest BCUT2D eigenvalue weighted by Crippen LogP contribution is 2.19. The van der Waals surface area contributed by atoms with Crippen molar-refractivity contribution in [3.8, 4) is 0 Å². The molecule has 0 aliphatic rings. The van der Waals surface area contributed by atoms with Crippen molar-refractivity contribution in [2.24, 2.45) is 0 Å². The van der Waals surface area contributed by atoms with Gasteiger partial charge in [0.1, 0.15) is 5.54 Å². The number of benzene rings is 1. The van der Waals surface area contributed by atoms with Crippen LogP contribution in [0.4, 0.5) is 0 Å². The molecule has 24 heavy (non-hydrogen) atoms. The Morgan fingerprint density at radius 2 is 1.29 bits per heavy atom. The van der Waals surface area contributed by atoms with Crippen LogP contribution >= 0.6 is 0 Å². The molecule has 0 unspecified atom stereocenters.